The third-order valence-corrected chi connectivity index (χ3v) is 11.8. The summed E-state index contributed by atoms with van der Waals surface area (Å²) in [5.41, 5.74) is 15.6. The van der Waals surface area contributed by atoms with Crippen molar-refractivity contribution in [1.82, 2.24) is 29.5 Å². The highest BCUT2D eigenvalue weighted by Crippen LogP contribution is 2.43. The molecule has 7 aromatic carbocycles. The van der Waals surface area contributed by atoms with Gasteiger partial charge in [0.15, 0.2) is 17.5 Å². The van der Waals surface area contributed by atoms with Gasteiger partial charge in [0.2, 0.25) is 0 Å². The number of aromatic nitrogens is 6. The average molecular weight is 773 g/mol. The quantitative estimate of drug-likeness (QED) is 0.168. The van der Waals surface area contributed by atoms with Crippen LogP contribution in [-0.2, 0) is 6.42 Å². The molecule has 60 heavy (non-hydrogen) atoms. The Morgan fingerprint density at radius 3 is 1.78 bits per heavy atom. The second-order valence-electron chi connectivity index (χ2n) is 15.7. The Kier molecular flexibility index (Phi) is 8.70. The summed E-state index contributed by atoms with van der Waals surface area (Å²) < 4.78 is 2.43. The number of hydrogen-bond donors (Lipinski definition) is 0. The van der Waals surface area contributed by atoms with Crippen LogP contribution in [0.1, 0.15) is 40.7 Å². The normalized spacial score (nSPS) is 13.5. The monoisotopic (exact) mass is 772 g/mol. The molecule has 1 unspecified atom stereocenters. The van der Waals surface area contributed by atoms with Crippen molar-refractivity contribution in [3.05, 3.63) is 204 Å². The second kappa shape index (κ2) is 14.7. The van der Waals surface area contributed by atoms with Crippen molar-refractivity contribution in [1.29, 1.82) is 0 Å². The van der Waals surface area contributed by atoms with E-state index in [0.717, 1.165) is 69.1 Å². The Labute approximate surface area is 349 Å². The summed E-state index contributed by atoms with van der Waals surface area (Å²) in [5, 5.41) is 2.43. The highest BCUT2D eigenvalue weighted by Gasteiger charge is 2.27. The third kappa shape index (κ3) is 6.34. The number of aryl methyl sites for hydroxylation is 3. The fourth-order valence-electron chi connectivity index (χ4n) is 9.06. The molecule has 0 fully saturated rings. The van der Waals surface area contributed by atoms with Crippen molar-refractivity contribution >= 4 is 21.8 Å². The van der Waals surface area contributed by atoms with E-state index in [-0.39, 0.29) is 5.92 Å². The first-order chi connectivity index (χ1) is 29.5. The first-order valence-corrected chi connectivity index (χ1v) is 20.6. The third-order valence-electron chi connectivity index (χ3n) is 11.8. The van der Waals surface area contributed by atoms with Crippen molar-refractivity contribution in [3.63, 3.8) is 0 Å². The summed E-state index contributed by atoms with van der Waals surface area (Å²) >= 11 is 0. The molecule has 0 saturated carbocycles. The van der Waals surface area contributed by atoms with Crippen molar-refractivity contribution in [2.75, 3.05) is 0 Å². The maximum atomic E-state index is 5.02. The number of para-hydroxylation sites is 1. The van der Waals surface area contributed by atoms with Gasteiger partial charge in [-0.1, -0.05) is 140 Å². The minimum absolute atomic E-state index is 0.0917. The molecule has 0 bridgehead atoms. The smallest absolute Gasteiger partial charge is 0.164 e. The molecule has 1 aliphatic rings. The van der Waals surface area contributed by atoms with Gasteiger partial charge in [0.1, 0.15) is 5.82 Å². The standard InChI is InChI=1S/C54H40N6/c1-34-30-35(2)56-54(55-34)47-28-24-36-14-9-10-21-43(36)48-33-42(26-29-44(47)48)60-49-23-12-11-22-45(49)46-27-25-40(32-50(46)60)39-19-13-20-41(31-39)53-58-51(37-15-5-3-6-16-37)57-52(59-53)38-17-7-4-8-18-38/h3-23,25-27,29-33,47H,24,28H2,1-2H3. The van der Waals surface area contributed by atoms with Crippen LogP contribution in [0.2, 0.25) is 0 Å². The van der Waals surface area contributed by atoms with E-state index in [1.54, 1.807) is 0 Å². The van der Waals surface area contributed by atoms with E-state index in [0.29, 0.717) is 17.5 Å². The van der Waals surface area contributed by atoms with E-state index in [4.69, 9.17) is 24.9 Å². The summed E-state index contributed by atoms with van der Waals surface area (Å²) in [6, 6.07) is 62.3. The molecule has 0 amide bonds. The van der Waals surface area contributed by atoms with Gasteiger partial charge >= 0.3 is 0 Å². The van der Waals surface area contributed by atoms with Crippen LogP contribution >= 0.6 is 0 Å². The van der Waals surface area contributed by atoms with Crippen LogP contribution in [-0.4, -0.2) is 29.5 Å². The molecular formula is C54H40N6. The van der Waals surface area contributed by atoms with Crippen LogP contribution in [0.4, 0.5) is 0 Å². The Balaban J connectivity index is 1.06. The Hall–Kier alpha value is -7.57. The number of hydrogen-bond acceptors (Lipinski definition) is 5. The minimum Gasteiger partial charge on any atom is -0.309 e. The summed E-state index contributed by atoms with van der Waals surface area (Å²) in [7, 11) is 0. The maximum absolute atomic E-state index is 5.02. The molecule has 1 aliphatic carbocycles. The number of nitrogens with zero attached hydrogens (tertiary/aromatic N) is 6. The van der Waals surface area contributed by atoms with Gasteiger partial charge in [0, 0.05) is 50.5 Å². The van der Waals surface area contributed by atoms with Gasteiger partial charge in [-0.3, -0.25) is 0 Å². The first-order valence-electron chi connectivity index (χ1n) is 20.6. The second-order valence-corrected chi connectivity index (χ2v) is 15.7. The van der Waals surface area contributed by atoms with E-state index in [1.165, 1.54) is 38.5 Å². The summed E-state index contributed by atoms with van der Waals surface area (Å²) in [6.45, 7) is 4.13. The van der Waals surface area contributed by atoms with Crippen LogP contribution < -0.4 is 0 Å². The topological polar surface area (TPSA) is 69.4 Å². The minimum atomic E-state index is 0.0917. The van der Waals surface area contributed by atoms with Gasteiger partial charge in [-0.25, -0.2) is 24.9 Å². The molecule has 10 aromatic rings. The highest BCUT2D eigenvalue weighted by molar-refractivity contribution is 6.10. The van der Waals surface area contributed by atoms with Crippen LogP contribution in [0.5, 0.6) is 0 Å². The van der Waals surface area contributed by atoms with Gasteiger partial charge in [-0.05, 0) is 96.5 Å². The molecule has 1 atom stereocenters. The van der Waals surface area contributed by atoms with Crippen LogP contribution in [0.15, 0.2) is 176 Å². The number of benzene rings is 7. The van der Waals surface area contributed by atoms with Crippen molar-refractivity contribution < 1.29 is 0 Å². The van der Waals surface area contributed by atoms with Gasteiger partial charge in [0.05, 0.1) is 11.0 Å². The van der Waals surface area contributed by atoms with Crippen LogP contribution in [0.25, 0.3) is 83.9 Å². The summed E-state index contributed by atoms with van der Waals surface area (Å²) in [5.74, 6) is 2.92. The van der Waals surface area contributed by atoms with Gasteiger partial charge in [-0.2, -0.15) is 0 Å². The van der Waals surface area contributed by atoms with Crippen molar-refractivity contribution in [3.8, 4) is 62.1 Å². The van der Waals surface area contributed by atoms with Gasteiger partial charge < -0.3 is 4.57 Å². The highest BCUT2D eigenvalue weighted by atomic mass is 15.0. The zero-order chi connectivity index (χ0) is 40.2. The van der Waals surface area contributed by atoms with Crippen molar-refractivity contribution in [2.45, 2.75) is 32.6 Å². The van der Waals surface area contributed by atoms with E-state index < -0.39 is 0 Å². The Morgan fingerprint density at radius 1 is 0.433 bits per heavy atom. The van der Waals surface area contributed by atoms with Crippen LogP contribution in [0, 0.1) is 13.8 Å². The predicted molar refractivity (Wildman–Crippen MR) is 243 cm³/mol. The Bertz CT molecular complexity index is 3160. The lowest BCUT2D eigenvalue weighted by Crippen LogP contribution is -2.09. The van der Waals surface area contributed by atoms with E-state index in [9.17, 15) is 0 Å². The Morgan fingerprint density at radius 2 is 1.03 bits per heavy atom. The SMILES string of the molecule is Cc1cc(C)nc(C2CCc3ccccc3-c3cc(-n4c5ccccc5c5ccc(-c6cccc(-c7nc(-c8ccccc8)nc(-c8ccccc8)n7)c6)cc54)ccc32)n1. The summed E-state index contributed by atoms with van der Waals surface area (Å²) in [6.07, 6.45) is 1.92. The van der Waals surface area contributed by atoms with E-state index >= 15 is 0 Å². The number of rotatable bonds is 6. The molecule has 0 saturated heterocycles. The molecule has 0 radical (unpaired) electrons. The van der Waals surface area contributed by atoms with Crippen LogP contribution in [0.3, 0.4) is 0 Å². The molecule has 11 rings (SSSR count). The molecule has 3 aromatic heterocycles. The van der Waals surface area contributed by atoms with Gasteiger partial charge in [0.25, 0.3) is 0 Å². The lowest BCUT2D eigenvalue weighted by Gasteiger charge is -2.19. The van der Waals surface area contributed by atoms with E-state index in [2.05, 4.69) is 134 Å². The number of fused-ring (bicyclic) bond motifs is 6. The zero-order valence-electron chi connectivity index (χ0n) is 33.4. The predicted octanol–water partition coefficient (Wildman–Crippen LogP) is 12.8. The van der Waals surface area contributed by atoms with E-state index in [1.807, 2.05) is 60.7 Å². The zero-order valence-corrected chi connectivity index (χ0v) is 33.4. The average Bonchev–Trinajstić information content (AvgIpc) is 3.53. The molecule has 286 valence electrons. The fourth-order valence-corrected chi connectivity index (χ4v) is 9.06. The molecular weight excluding hydrogens is 733 g/mol. The molecule has 3 heterocycles. The lowest BCUT2D eigenvalue weighted by atomic mass is 9.90. The summed E-state index contributed by atoms with van der Waals surface area (Å²) in [4.78, 5) is 24.9. The van der Waals surface area contributed by atoms with Gasteiger partial charge in [-0.15, -0.1) is 0 Å². The lowest BCUT2D eigenvalue weighted by molar-refractivity contribution is 0.673. The molecule has 0 spiro atoms. The molecule has 0 N–H and O–H groups in total. The molecule has 6 heteroatoms. The molecule has 0 aliphatic heterocycles. The maximum Gasteiger partial charge on any atom is 0.164 e. The fraction of sp³-hybridized carbons (Fsp3) is 0.0926. The first kappa shape index (κ1) is 35.6. The largest absolute Gasteiger partial charge is 0.309 e. The van der Waals surface area contributed by atoms with Crippen molar-refractivity contribution in [2.24, 2.45) is 0 Å². The molecule has 6 nitrogen and oxygen atoms in total.